The molecule has 1 atom stereocenters. The Hall–Kier alpha value is -5.06. The van der Waals surface area contributed by atoms with Crippen LogP contribution < -0.4 is 5.56 Å². The van der Waals surface area contributed by atoms with Gasteiger partial charge in [0, 0.05) is 24.0 Å². The molecule has 3 aromatic heterocycles. The van der Waals surface area contributed by atoms with Gasteiger partial charge in [-0.2, -0.15) is 4.98 Å². The van der Waals surface area contributed by atoms with Crippen LogP contribution in [0.15, 0.2) is 76.0 Å². The van der Waals surface area contributed by atoms with Crippen LogP contribution in [0, 0.1) is 6.92 Å². The molecule has 5 aromatic rings. The van der Waals surface area contributed by atoms with Gasteiger partial charge in [-0.15, -0.1) is 0 Å². The summed E-state index contributed by atoms with van der Waals surface area (Å²) in [6.07, 6.45) is -0.263. The Morgan fingerprint density at radius 2 is 1.69 bits per heavy atom. The molecular formula is C34H38N6O5. The fraction of sp³-hybridized carbons (Fsp3) is 0.353. The van der Waals surface area contributed by atoms with E-state index in [1.54, 1.807) is 22.5 Å². The topological polar surface area (TPSA) is 135 Å². The molecule has 1 N–H and O–H groups in total. The number of fused-ring (bicyclic) bond motifs is 2. The predicted molar refractivity (Wildman–Crippen MR) is 171 cm³/mol. The summed E-state index contributed by atoms with van der Waals surface area (Å²) in [5.74, 6) is 0.00893. The third-order valence-corrected chi connectivity index (χ3v) is 7.94. The summed E-state index contributed by atoms with van der Waals surface area (Å²) < 4.78 is 7.04. The largest absolute Gasteiger partial charge is 0.465 e. The summed E-state index contributed by atoms with van der Waals surface area (Å²) in [4.78, 5) is 52.9. The van der Waals surface area contributed by atoms with Gasteiger partial charge in [0.1, 0.15) is 16.9 Å². The van der Waals surface area contributed by atoms with E-state index in [0.717, 1.165) is 10.9 Å². The van der Waals surface area contributed by atoms with Crippen LogP contribution >= 0.6 is 0 Å². The van der Waals surface area contributed by atoms with Crippen LogP contribution in [0.5, 0.6) is 0 Å². The summed E-state index contributed by atoms with van der Waals surface area (Å²) in [6, 6.07) is 20.0. The monoisotopic (exact) mass is 610 g/mol. The Labute approximate surface area is 261 Å². The normalized spacial score (nSPS) is 12.4. The van der Waals surface area contributed by atoms with Crippen LogP contribution in [0.1, 0.15) is 74.1 Å². The Morgan fingerprint density at radius 3 is 2.38 bits per heavy atom. The number of carboxylic acid groups (broad SMARTS) is 1. The number of para-hydroxylation sites is 1. The number of hydrogen-bond acceptors (Lipinski definition) is 7. The maximum atomic E-state index is 14.4. The average molecular weight is 611 g/mol. The van der Waals surface area contributed by atoms with Gasteiger partial charge in [-0.05, 0) is 58.2 Å². The zero-order valence-corrected chi connectivity index (χ0v) is 26.2. The smallest absolute Gasteiger partial charge is 0.407 e. The first-order valence-corrected chi connectivity index (χ1v) is 15.1. The highest BCUT2D eigenvalue weighted by atomic mass is 16.5. The lowest BCUT2D eigenvalue weighted by atomic mass is 10.1. The molecule has 0 saturated carbocycles. The van der Waals surface area contributed by atoms with E-state index in [0.29, 0.717) is 35.3 Å². The standard InChI is InChI=1S/C34H38N6O5/c1-6-27(29-36-30-28(22(2)37-45-30)32(42)39(29)21-23-13-8-7-9-14-23)38(19-12-20-40(33(43)44)34(3,4)5)31(41)26-18-17-24-15-10-11-16-25(24)35-26/h7-11,13-18,27H,6,12,19-21H2,1-5H3,(H,43,44). The van der Waals surface area contributed by atoms with E-state index in [9.17, 15) is 19.5 Å². The molecule has 0 aliphatic carbocycles. The van der Waals surface area contributed by atoms with E-state index in [1.165, 1.54) is 4.90 Å². The van der Waals surface area contributed by atoms with Crippen molar-refractivity contribution in [1.29, 1.82) is 0 Å². The highest BCUT2D eigenvalue weighted by Crippen LogP contribution is 2.28. The van der Waals surface area contributed by atoms with Crippen molar-refractivity contribution >= 4 is 34.0 Å². The van der Waals surface area contributed by atoms with Crippen LogP contribution in [0.3, 0.4) is 0 Å². The van der Waals surface area contributed by atoms with Crippen molar-refractivity contribution in [2.45, 2.75) is 65.6 Å². The number of nitrogens with zero attached hydrogens (tertiary/aromatic N) is 6. The third-order valence-electron chi connectivity index (χ3n) is 7.94. The molecule has 0 saturated heterocycles. The van der Waals surface area contributed by atoms with E-state index in [2.05, 4.69) is 10.1 Å². The Bertz CT molecular complexity index is 1890. The molecule has 0 bridgehead atoms. The van der Waals surface area contributed by atoms with Crippen LogP contribution in [0.2, 0.25) is 0 Å². The van der Waals surface area contributed by atoms with Crippen molar-refractivity contribution in [3.8, 4) is 0 Å². The van der Waals surface area contributed by atoms with Gasteiger partial charge in [0.25, 0.3) is 17.2 Å². The third kappa shape index (κ3) is 6.57. The van der Waals surface area contributed by atoms with Crippen LogP contribution in [0.4, 0.5) is 4.79 Å². The van der Waals surface area contributed by atoms with Crippen molar-refractivity contribution in [2.24, 2.45) is 0 Å². The van der Waals surface area contributed by atoms with Gasteiger partial charge in [0.15, 0.2) is 0 Å². The number of hydrogen-bond donors (Lipinski definition) is 1. The minimum atomic E-state index is -1.03. The van der Waals surface area contributed by atoms with Gasteiger partial charge < -0.3 is 19.4 Å². The number of benzene rings is 2. The van der Waals surface area contributed by atoms with Gasteiger partial charge in [-0.3, -0.25) is 14.2 Å². The number of carbonyl (C=O) groups is 2. The van der Waals surface area contributed by atoms with Crippen LogP contribution in [-0.4, -0.2) is 65.2 Å². The number of rotatable bonds is 10. The van der Waals surface area contributed by atoms with Crippen molar-refractivity contribution in [3.63, 3.8) is 0 Å². The van der Waals surface area contributed by atoms with E-state index in [1.807, 2.05) is 88.4 Å². The predicted octanol–water partition coefficient (Wildman–Crippen LogP) is 6.05. The molecule has 234 valence electrons. The second-order valence-corrected chi connectivity index (χ2v) is 12.1. The molecule has 5 rings (SSSR count). The highest BCUT2D eigenvalue weighted by Gasteiger charge is 2.32. The number of aromatic nitrogens is 4. The van der Waals surface area contributed by atoms with Gasteiger partial charge in [0.2, 0.25) is 0 Å². The van der Waals surface area contributed by atoms with Crippen molar-refractivity contribution in [3.05, 3.63) is 99.9 Å². The second kappa shape index (κ2) is 12.9. The molecule has 11 nitrogen and oxygen atoms in total. The molecule has 2 amide bonds. The van der Waals surface area contributed by atoms with E-state index in [-0.39, 0.29) is 42.5 Å². The average Bonchev–Trinajstić information content (AvgIpc) is 3.39. The highest BCUT2D eigenvalue weighted by molar-refractivity contribution is 5.95. The number of pyridine rings is 1. The first kappa shape index (κ1) is 31.4. The van der Waals surface area contributed by atoms with Crippen molar-refractivity contribution in [1.82, 2.24) is 29.5 Å². The van der Waals surface area contributed by atoms with Crippen LogP contribution in [0.25, 0.3) is 22.0 Å². The van der Waals surface area contributed by atoms with Gasteiger partial charge >= 0.3 is 6.09 Å². The van der Waals surface area contributed by atoms with E-state index >= 15 is 0 Å². The zero-order valence-electron chi connectivity index (χ0n) is 26.2. The Morgan fingerprint density at radius 1 is 0.978 bits per heavy atom. The summed E-state index contributed by atoms with van der Waals surface area (Å²) >= 11 is 0. The lowest BCUT2D eigenvalue weighted by molar-refractivity contribution is 0.0623. The fourth-order valence-electron chi connectivity index (χ4n) is 5.65. The minimum Gasteiger partial charge on any atom is -0.465 e. The second-order valence-electron chi connectivity index (χ2n) is 12.1. The molecule has 2 aromatic carbocycles. The molecule has 11 heteroatoms. The molecular weight excluding hydrogens is 572 g/mol. The van der Waals surface area contributed by atoms with Gasteiger partial charge in [-0.1, -0.05) is 66.7 Å². The molecule has 0 radical (unpaired) electrons. The molecule has 0 aliphatic rings. The molecule has 3 heterocycles. The maximum absolute atomic E-state index is 14.4. The summed E-state index contributed by atoms with van der Waals surface area (Å²) in [5, 5.41) is 15.1. The van der Waals surface area contributed by atoms with E-state index in [4.69, 9.17) is 9.51 Å². The zero-order chi connectivity index (χ0) is 32.3. The van der Waals surface area contributed by atoms with Crippen molar-refractivity contribution < 1.29 is 19.2 Å². The first-order chi connectivity index (χ1) is 21.5. The molecule has 0 spiro atoms. The summed E-state index contributed by atoms with van der Waals surface area (Å²) in [6.45, 7) is 9.74. The van der Waals surface area contributed by atoms with Crippen molar-refractivity contribution in [2.75, 3.05) is 13.1 Å². The number of aryl methyl sites for hydroxylation is 1. The van der Waals surface area contributed by atoms with Gasteiger partial charge in [-0.25, -0.2) is 9.78 Å². The quantitative estimate of drug-likeness (QED) is 0.202. The maximum Gasteiger partial charge on any atom is 0.407 e. The van der Waals surface area contributed by atoms with Crippen LogP contribution in [-0.2, 0) is 6.54 Å². The molecule has 1 unspecified atom stereocenters. The number of amides is 2. The fourth-order valence-corrected chi connectivity index (χ4v) is 5.65. The van der Waals surface area contributed by atoms with Gasteiger partial charge in [0.05, 0.1) is 23.8 Å². The molecule has 0 fully saturated rings. The Balaban J connectivity index is 1.61. The molecule has 0 aliphatic heterocycles. The summed E-state index contributed by atoms with van der Waals surface area (Å²) in [5.41, 5.74) is 1.42. The lowest BCUT2D eigenvalue weighted by Gasteiger charge is -2.35. The Kier molecular flexibility index (Phi) is 8.99. The number of carbonyl (C=O) groups excluding carboxylic acids is 1. The lowest BCUT2D eigenvalue weighted by Crippen LogP contribution is -2.46. The minimum absolute atomic E-state index is 0.108. The van der Waals surface area contributed by atoms with E-state index < -0.39 is 17.7 Å². The first-order valence-electron chi connectivity index (χ1n) is 15.1. The summed E-state index contributed by atoms with van der Waals surface area (Å²) in [7, 11) is 0. The molecule has 45 heavy (non-hydrogen) atoms. The SMILES string of the molecule is CCC(c1nc2onc(C)c2c(=O)n1Cc1ccccc1)N(CCCN(C(=O)O)C(C)(C)C)C(=O)c1ccc2ccccc2n1.